The Kier molecular flexibility index (Phi) is 5.26. The average molecular weight is 262 g/mol. The SMILES string of the molecule is CC.Cc1cc(C(F)(F)F)n(C2CCNCC2)c1. The molecule has 1 N–H and O–H groups in total. The number of aromatic nitrogens is 1. The van der Waals surface area contributed by atoms with Gasteiger partial charge in [0.15, 0.2) is 0 Å². The molecule has 5 heteroatoms. The Labute approximate surface area is 106 Å². The zero-order valence-electron chi connectivity index (χ0n) is 11.1. The number of hydrogen-bond acceptors (Lipinski definition) is 1. The van der Waals surface area contributed by atoms with Crippen molar-refractivity contribution in [2.45, 2.75) is 45.8 Å². The Morgan fingerprint density at radius 2 is 1.78 bits per heavy atom. The molecule has 0 saturated carbocycles. The number of alkyl halides is 3. The van der Waals surface area contributed by atoms with E-state index in [0.29, 0.717) is 5.56 Å². The maximum Gasteiger partial charge on any atom is 0.431 e. The minimum absolute atomic E-state index is 0.0217. The first-order valence-corrected chi connectivity index (χ1v) is 6.45. The van der Waals surface area contributed by atoms with Gasteiger partial charge in [0.25, 0.3) is 0 Å². The van der Waals surface area contributed by atoms with Crippen LogP contribution in [-0.2, 0) is 6.18 Å². The molecule has 0 unspecified atom stereocenters. The zero-order valence-corrected chi connectivity index (χ0v) is 11.1. The fourth-order valence-corrected chi connectivity index (χ4v) is 2.23. The normalized spacial score (nSPS) is 17.2. The summed E-state index contributed by atoms with van der Waals surface area (Å²) in [6, 6.07) is 1.20. The van der Waals surface area contributed by atoms with E-state index in [2.05, 4.69) is 5.32 Å². The van der Waals surface area contributed by atoms with E-state index < -0.39 is 11.9 Å². The molecule has 2 rings (SSSR count). The van der Waals surface area contributed by atoms with Crippen LogP contribution in [0.1, 0.15) is 44.0 Å². The van der Waals surface area contributed by atoms with Gasteiger partial charge < -0.3 is 9.88 Å². The van der Waals surface area contributed by atoms with Gasteiger partial charge in [-0.3, -0.25) is 0 Å². The zero-order chi connectivity index (χ0) is 13.8. The molecule has 1 aliphatic rings. The summed E-state index contributed by atoms with van der Waals surface area (Å²) in [5.41, 5.74) is 0.155. The molecule has 18 heavy (non-hydrogen) atoms. The van der Waals surface area contributed by atoms with Crippen LogP contribution in [0, 0.1) is 6.92 Å². The lowest BCUT2D eigenvalue weighted by Crippen LogP contribution is -2.30. The highest BCUT2D eigenvalue weighted by atomic mass is 19.4. The van der Waals surface area contributed by atoms with Crippen molar-refractivity contribution in [2.24, 2.45) is 0 Å². The fraction of sp³-hybridized carbons (Fsp3) is 0.692. The van der Waals surface area contributed by atoms with Crippen molar-refractivity contribution in [1.29, 1.82) is 0 Å². The molecule has 1 saturated heterocycles. The monoisotopic (exact) mass is 262 g/mol. The second kappa shape index (κ2) is 6.27. The molecule has 104 valence electrons. The quantitative estimate of drug-likeness (QED) is 0.815. The molecule has 1 aromatic heterocycles. The number of rotatable bonds is 1. The van der Waals surface area contributed by atoms with E-state index in [1.54, 1.807) is 13.1 Å². The van der Waals surface area contributed by atoms with Crippen LogP contribution in [0.5, 0.6) is 0 Å². The Morgan fingerprint density at radius 1 is 1.22 bits per heavy atom. The van der Waals surface area contributed by atoms with E-state index in [1.165, 1.54) is 10.6 Å². The van der Waals surface area contributed by atoms with Gasteiger partial charge in [0, 0.05) is 12.2 Å². The van der Waals surface area contributed by atoms with E-state index in [9.17, 15) is 13.2 Å². The number of nitrogens with one attached hydrogen (secondary N) is 1. The summed E-state index contributed by atoms with van der Waals surface area (Å²) in [5, 5.41) is 3.15. The molecule has 0 bridgehead atoms. The van der Waals surface area contributed by atoms with Gasteiger partial charge in [-0.1, -0.05) is 13.8 Å². The van der Waals surface area contributed by atoms with Gasteiger partial charge in [-0.25, -0.2) is 0 Å². The summed E-state index contributed by atoms with van der Waals surface area (Å²) in [7, 11) is 0. The molecule has 1 aliphatic heterocycles. The second-order valence-corrected chi connectivity index (χ2v) is 4.29. The van der Waals surface area contributed by atoms with Crippen LogP contribution in [0.2, 0.25) is 0 Å². The number of aryl methyl sites for hydroxylation is 1. The molecular weight excluding hydrogens is 241 g/mol. The van der Waals surface area contributed by atoms with Crippen molar-refractivity contribution < 1.29 is 13.2 Å². The summed E-state index contributed by atoms with van der Waals surface area (Å²) in [4.78, 5) is 0. The minimum Gasteiger partial charge on any atom is -0.341 e. The number of piperidine rings is 1. The third-order valence-electron chi connectivity index (χ3n) is 2.98. The highest BCUT2D eigenvalue weighted by molar-refractivity contribution is 5.20. The van der Waals surface area contributed by atoms with Crippen LogP contribution in [-0.4, -0.2) is 17.7 Å². The predicted octanol–water partition coefficient (Wildman–Crippen LogP) is 3.77. The highest BCUT2D eigenvalue weighted by Gasteiger charge is 2.36. The Morgan fingerprint density at radius 3 is 2.28 bits per heavy atom. The molecule has 2 nitrogen and oxygen atoms in total. The van der Waals surface area contributed by atoms with E-state index in [0.717, 1.165) is 25.9 Å². The first kappa shape index (κ1) is 15.1. The lowest BCUT2D eigenvalue weighted by molar-refractivity contribution is -0.144. The molecule has 0 amide bonds. The van der Waals surface area contributed by atoms with Gasteiger partial charge in [-0.05, 0) is 44.5 Å². The third-order valence-corrected chi connectivity index (χ3v) is 2.98. The summed E-state index contributed by atoms with van der Waals surface area (Å²) >= 11 is 0. The number of halogens is 3. The van der Waals surface area contributed by atoms with Crippen LogP contribution in [0.25, 0.3) is 0 Å². The molecule has 0 aliphatic carbocycles. The lowest BCUT2D eigenvalue weighted by atomic mass is 10.1. The maximum atomic E-state index is 12.8. The van der Waals surface area contributed by atoms with E-state index in [4.69, 9.17) is 0 Å². The molecule has 2 heterocycles. The van der Waals surface area contributed by atoms with Crippen LogP contribution in [0.4, 0.5) is 13.2 Å². The standard InChI is InChI=1S/C11H15F3N2.C2H6/c1-8-6-10(11(12,13)14)16(7-8)9-2-4-15-5-3-9;1-2/h6-7,9,15H,2-5H2,1H3;1-2H3. The first-order chi connectivity index (χ1) is 8.48. The van der Waals surface area contributed by atoms with Crippen molar-refractivity contribution in [3.05, 3.63) is 23.5 Å². The van der Waals surface area contributed by atoms with E-state index in [1.807, 2.05) is 13.8 Å². The molecule has 1 aromatic rings. The van der Waals surface area contributed by atoms with E-state index >= 15 is 0 Å². The lowest BCUT2D eigenvalue weighted by Gasteiger charge is -2.26. The summed E-state index contributed by atoms with van der Waals surface area (Å²) in [6.07, 6.45) is -1.12. The largest absolute Gasteiger partial charge is 0.431 e. The van der Waals surface area contributed by atoms with Gasteiger partial charge in [-0.15, -0.1) is 0 Å². The molecule has 0 aromatic carbocycles. The Hall–Kier alpha value is -0.970. The fourth-order valence-electron chi connectivity index (χ4n) is 2.23. The molecule has 1 fully saturated rings. The second-order valence-electron chi connectivity index (χ2n) is 4.29. The van der Waals surface area contributed by atoms with Crippen molar-refractivity contribution in [3.63, 3.8) is 0 Å². The van der Waals surface area contributed by atoms with Gasteiger partial charge in [0.2, 0.25) is 0 Å². The van der Waals surface area contributed by atoms with Crippen molar-refractivity contribution >= 4 is 0 Å². The summed E-state index contributed by atoms with van der Waals surface area (Å²) in [5.74, 6) is 0. The Balaban J connectivity index is 0.000000771. The summed E-state index contributed by atoms with van der Waals surface area (Å²) < 4.78 is 39.7. The van der Waals surface area contributed by atoms with Crippen molar-refractivity contribution in [3.8, 4) is 0 Å². The van der Waals surface area contributed by atoms with Gasteiger partial charge in [-0.2, -0.15) is 13.2 Å². The maximum absolute atomic E-state index is 12.8. The third kappa shape index (κ3) is 3.51. The summed E-state index contributed by atoms with van der Waals surface area (Å²) in [6.45, 7) is 7.28. The smallest absolute Gasteiger partial charge is 0.341 e. The first-order valence-electron chi connectivity index (χ1n) is 6.45. The molecule has 0 spiro atoms. The van der Waals surface area contributed by atoms with Crippen LogP contribution in [0.3, 0.4) is 0 Å². The molecular formula is C13H21F3N2. The topological polar surface area (TPSA) is 17.0 Å². The highest BCUT2D eigenvalue weighted by Crippen LogP contribution is 2.34. The molecule has 0 radical (unpaired) electrons. The van der Waals surface area contributed by atoms with Crippen molar-refractivity contribution in [2.75, 3.05) is 13.1 Å². The number of nitrogens with zero attached hydrogens (tertiary/aromatic N) is 1. The van der Waals surface area contributed by atoms with Gasteiger partial charge in [0.05, 0.1) is 0 Å². The van der Waals surface area contributed by atoms with Crippen LogP contribution < -0.4 is 5.32 Å². The van der Waals surface area contributed by atoms with Crippen LogP contribution in [0.15, 0.2) is 12.3 Å². The van der Waals surface area contributed by atoms with Gasteiger partial charge >= 0.3 is 6.18 Å². The van der Waals surface area contributed by atoms with E-state index in [-0.39, 0.29) is 6.04 Å². The number of hydrogen-bond donors (Lipinski definition) is 1. The average Bonchev–Trinajstić information content (AvgIpc) is 2.75. The molecule has 0 atom stereocenters. The Bertz CT molecular complexity index is 363. The predicted molar refractivity (Wildman–Crippen MR) is 66.7 cm³/mol. The minimum atomic E-state index is -4.25. The van der Waals surface area contributed by atoms with Crippen molar-refractivity contribution in [1.82, 2.24) is 9.88 Å². The van der Waals surface area contributed by atoms with Crippen LogP contribution >= 0.6 is 0 Å². The van der Waals surface area contributed by atoms with Gasteiger partial charge in [0.1, 0.15) is 5.69 Å².